The summed E-state index contributed by atoms with van der Waals surface area (Å²) in [6, 6.07) is 16.2. The molecule has 1 fully saturated rings. The molecular formula is C32H36O12. The van der Waals surface area contributed by atoms with Crippen LogP contribution < -0.4 is 0 Å². The van der Waals surface area contributed by atoms with Gasteiger partial charge < -0.3 is 33.5 Å². The van der Waals surface area contributed by atoms with Crippen molar-refractivity contribution < 1.29 is 57.5 Å². The van der Waals surface area contributed by atoms with Gasteiger partial charge in [-0.2, -0.15) is 0 Å². The number of aliphatic hydroxyl groups is 1. The molecule has 2 aromatic rings. The minimum Gasteiger partial charge on any atom is -0.469 e. The second-order valence-corrected chi connectivity index (χ2v) is 10.0. The molecule has 6 atom stereocenters. The summed E-state index contributed by atoms with van der Waals surface area (Å²) in [4.78, 5) is 62.9. The second kappa shape index (κ2) is 16.3. The fourth-order valence-corrected chi connectivity index (χ4v) is 4.73. The Morgan fingerprint density at radius 3 is 1.84 bits per heavy atom. The van der Waals surface area contributed by atoms with Gasteiger partial charge in [-0.25, -0.2) is 9.59 Å². The molecular weight excluding hydrogens is 576 g/mol. The van der Waals surface area contributed by atoms with Crippen LogP contribution in [0.2, 0.25) is 0 Å². The molecule has 1 unspecified atom stereocenters. The number of esters is 5. The Kier molecular flexibility index (Phi) is 12.6. The van der Waals surface area contributed by atoms with Crippen molar-refractivity contribution in [3.63, 3.8) is 0 Å². The number of rotatable bonds is 12. The topological polar surface area (TPSA) is 161 Å². The van der Waals surface area contributed by atoms with Gasteiger partial charge in [0.15, 0.2) is 12.0 Å². The van der Waals surface area contributed by atoms with E-state index in [-0.39, 0.29) is 24.0 Å². The van der Waals surface area contributed by atoms with E-state index >= 15 is 0 Å². The normalized spacial score (nSPS) is 21.1. The molecule has 12 nitrogen and oxygen atoms in total. The smallest absolute Gasteiger partial charge is 0.338 e. The zero-order chi connectivity index (χ0) is 32.2. The monoisotopic (exact) mass is 612 g/mol. The summed E-state index contributed by atoms with van der Waals surface area (Å²) in [7, 11) is 3.46. The van der Waals surface area contributed by atoms with Crippen molar-refractivity contribution in [3.8, 4) is 0 Å². The Morgan fingerprint density at radius 2 is 1.34 bits per heavy atom. The van der Waals surface area contributed by atoms with Crippen molar-refractivity contribution in [1.29, 1.82) is 0 Å². The van der Waals surface area contributed by atoms with Crippen LogP contribution in [-0.2, 0) is 42.8 Å². The average Bonchev–Trinajstić information content (AvgIpc) is 3.04. The van der Waals surface area contributed by atoms with Gasteiger partial charge in [0.25, 0.3) is 0 Å². The lowest BCUT2D eigenvalue weighted by molar-refractivity contribution is -0.197. The first kappa shape index (κ1) is 33.9. The minimum atomic E-state index is -1.53. The lowest BCUT2D eigenvalue weighted by Crippen LogP contribution is -2.56. The fraction of sp³-hybridized carbons (Fsp3) is 0.406. The molecule has 1 saturated heterocycles. The zero-order valence-corrected chi connectivity index (χ0v) is 24.8. The maximum absolute atomic E-state index is 13.2. The summed E-state index contributed by atoms with van der Waals surface area (Å²) in [5, 5.41) is 11.3. The number of benzene rings is 2. The molecule has 0 saturated carbocycles. The summed E-state index contributed by atoms with van der Waals surface area (Å²) in [5.74, 6) is -5.88. The molecule has 3 rings (SSSR count). The van der Waals surface area contributed by atoms with Crippen LogP contribution in [0.4, 0.5) is 0 Å². The SMILES string of the molecule is COC(=O)C[C@@H]1C[C@H](OC(=O)c2ccccc2)[C@@H](OC(=O)c2ccccc2)[C@H](C(O)/C=C/[C@H](C)C(C(=O)OC)C(=O)OC)O1. The average molecular weight is 613 g/mol. The lowest BCUT2D eigenvalue weighted by Gasteiger charge is -2.41. The van der Waals surface area contributed by atoms with E-state index in [1.165, 1.54) is 31.4 Å². The number of hydrogen-bond donors (Lipinski definition) is 1. The Bertz CT molecular complexity index is 1290. The van der Waals surface area contributed by atoms with Crippen molar-refractivity contribution in [3.05, 3.63) is 83.9 Å². The van der Waals surface area contributed by atoms with Crippen LogP contribution in [0.1, 0.15) is 40.5 Å². The van der Waals surface area contributed by atoms with Gasteiger partial charge in [-0.1, -0.05) is 55.5 Å². The zero-order valence-electron chi connectivity index (χ0n) is 24.8. The van der Waals surface area contributed by atoms with E-state index in [2.05, 4.69) is 0 Å². The minimum absolute atomic E-state index is 0.0590. The van der Waals surface area contributed by atoms with E-state index in [1.807, 2.05) is 0 Å². The molecule has 236 valence electrons. The van der Waals surface area contributed by atoms with Crippen LogP contribution >= 0.6 is 0 Å². The summed E-state index contributed by atoms with van der Waals surface area (Å²) in [6.07, 6.45) is -3.92. The molecule has 0 bridgehead atoms. The summed E-state index contributed by atoms with van der Waals surface area (Å²) in [5.41, 5.74) is 0.438. The molecule has 12 heteroatoms. The van der Waals surface area contributed by atoms with Crippen LogP contribution in [0.5, 0.6) is 0 Å². The largest absolute Gasteiger partial charge is 0.469 e. The number of carbonyl (C=O) groups is 5. The number of ether oxygens (including phenoxy) is 6. The van der Waals surface area contributed by atoms with E-state index in [9.17, 15) is 29.1 Å². The predicted octanol–water partition coefficient (Wildman–Crippen LogP) is 2.67. The summed E-state index contributed by atoms with van der Waals surface area (Å²) in [6.45, 7) is 1.54. The highest BCUT2D eigenvalue weighted by atomic mass is 16.6. The van der Waals surface area contributed by atoms with Crippen LogP contribution in [-0.4, -0.2) is 86.8 Å². The molecule has 44 heavy (non-hydrogen) atoms. The third-order valence-corrected chi connectivity index (χ3v) is 7.06. The van der Waals surface area contributed by atoms with Gasteiger partial charge in [-0.05, 0) is 30.2 Å². The van der Waals surface area contributed by atoms with E-state index < -0.39 is 72.2 Å². The molecule has 2 aromatic carbocycles. The molecule has 0 radical (unpaired) electrons. The summed E-state index contributed by atoms with van der Waals surface area (Å²) >= 11 is 0. The van der Waals surface area contributed by atoms with E-state index in [1.54, 1.807) is 55.5 Å². The highest BCUT2D eigenvalue weighted by Gasteiger charge is 2.47. The van der Waals surface area contributed by atoms with Crippen LogP contribution in [0.3, 0.4) is 0 Å². The maximum Gasteiger partial charge on any atom is 0.338 e. The highest BCUT2D eigenvalue weighted by molar-refractivity contribution is 5.95. The first-order valence-electron chi connectivity index (χ1n) is 13.9. The standard InChI is InChI=1S/C32H36O12/c1-19(26(31(37)40-3)32(38)41-4)15-16-23(33)27-28(44-30(36)21-13-9-6-10-14-21)24(17-22(42-27)18-25(34)39-2)43-29(35)20-11-7-5-8-12-20/h5-16,19,22-24,26-28,33H,17-18H2,1-4H3/b16-15+/t19-,22-,23?,24-,27-,28+/m0/s1. The van der Waals surface area contributed by atoms with Gasteiger partial charge in [0.2, 0.25) is 0 Å². The Hall–Kier alpha value is -4.55. The molecule has 1 aliphatic heterocycles. The molecule has 0 spiro atoms. The van der Waals surface area contributed by atoms with Gasteiger partial charge in [-0.15, -0.1) is 0 Å². The molecule has 1 aliphatic rings. The number of allylic oxidation sites excluding steroid dienone is 1. The molecule has 1 heterocycles. The second-order valence-electron chi connectivity index (χ2n) is 10.0. The first-order chi connectivity index (χ1) is 21.1. The van der Waals surface area contributed by atoms with Crippen molar-refractivity contribution in [2.75, 3.05) is 21.3 Å². The van der Waals surface area contributed by atoms with Crippen LogP contribution in [0.25, 0.3) is 0 Å². The van der Waals surface area contributed by atoms with Gasteiger partial charge >= 0.3 is 29.8 Å². The van der Waals surface area contributed by atoms with Gasteiger partial charge in [0.05, 0.1) is 45.0 Å². The van der Waals surface area contributed by atoms with Gasteiger partial charge in [0.1, 0.15) is 18.3 Å². The molecule has 1 N–H and O–H groups in total. The molecule has 0 aromatic heterocycles. The van der Waals surface area contributed by atoms with Crippen molar-refractivity contribution in [2.45, 2.75) is 50.3 Å². The van der Waals surface area contributed by atoms with Gasteiger partial charge in [-0.3, -0.25) is 14.4 Å². The van der Waals surface area contributed by atoms with E-state index in [4.69, 9.17) is 28.4 Å². The van der Waals surface area contributed by atoms with E-state index in [0.29, 0.717) is 0 Å². The molecule has 0 amide bonds. The maximum atomic E-state index is 13.2. The van der Waals surface area contributed by atoms with Crippen molar-refractivity contribution in [1.82, 2.24) is 0 Å². The lowest BCUT2D eigenvalue weighted by atomic mass is 9.90. The number of hydrogen-bond acceptors (Lipinski definition) is 12. The number of methoxy groups -OCH3 is 3. The summed E-state index contributed by atoms with van der Waals surface area (Å²) < 4.78 is 31.9. The van der Waals surface area contributed by atoms with Crippen LogP contribution in [0, 0.1) is 11.8 Å². The van der Waals surface area contributed by atoms with Crippen molar-refractivity contribution >= 4 is 29.8 Å². The Balaban J connectivity index is 1.97. The Labute approximate surface area is 254 Å². The molecule has 0 aliphatic carbocycles. The number of aliphatic hydroxyl groups excluding tert-OH is 1. The number of carbonyl (C=O) groups excluding carboxylic acids is 5. The third-order valence-electron chi connectivity index (χ3n) is 7.06. The van der Waals surface area contributed by atoms with E-state index in [0.717, 1.165) is 14.2 Å². The van der Waals surface area contributed by atoms with Crippen LogP contribution in [0.15, 0.2) is 72.8 Å². The quantitative estimate of drug-likeness (QED) is 0.162. The first-order valence-corrected chi connectivity index (χ1v) is 13.9. The predicted molar refractivity (Wildman–Crippen MR) is 153 cm³/mol. The van der Waals surface area contributed by atoms with Crippen molar-refractivity contribution in [2.24, 2.45) is 11.8 Å². The van der Waals surface area contributed by atoms with Gasteiger partial charge in [0, 0.05) is 6.42 Å². The Morgan fingerprint density at radius 1 is 0.818 bits per heavy atom. The highest BCUT2D eigenvalue weighted by Crippen LogP contribution is 2.31. The fourth-order valence-electron chi connectivity index (χ4n) is 4.73. The third kappa shape index (κ3) is 8.98.